The summed E-state index contributed by atoms with van der Waals surface area (Å²) in [6.45, 7) is -3.28. The van der Waals surface area contributed by atoms with Gasteiger partial charge in [-0.2, -0.15) is 0 Å². The van der Waals surface area contributed by atoms with Crippen LogP contribution in [-0.2, 0) is 13.6 Å². The van der Waals surface area contributed by atoms with Gasteiger partial charge in [-0.05, 0) is 23.0 Å². The second kappa shape index (κ2) is 7.14. The van der Waals surface area contributed by atoms with Crippen LogP contribution in [0.25, 0.3) is 0 Å². The Bertz CT molecular complexity index is 625. The van der Waals surface area contributed by atoms with Crippen molar-refractivity contribution in [1.29, 1.82) is 0 Å². The Balaban J connectivity index is 2.46. The van der Waals surface area contributed by atoms with Crippen molar-refractivity contribution in [2.24, 2.45) is 0 Å². The lowest BCUT2D eigenvalue weighted by molar-refractivity contribution is 0.295. The van der Waals surface area contributed by atoms with Crippen molar-refractivity contribution < 1.29 is 18.7 Å². The number of aromatic hydroxyl groups is 1. The molecule has 2 aromatic carbocycles. The molecule has 112 valence electrons. The Morgan fingerprint density at radius 1 is 1.00 bits per heavy atom. The average molecular weight is 324 g/mol. The summed E-state index contributed by atoms with van der Waals surface area (Å²) in [6.07, 6.45) is 0. The SMILES string of the molecule is COP(=O)(OC)SC(c1ccccc1)c1ccccc1O. The number of para-hydroxylation sites is 1. The summed E-state index contributed by atoms with van der Waals surface area (Å²) < 4.78 is 22.5. The fourth-order valence-corrected chi connectivity index (χ4v) is 5.09. The highest BCUT2D eigenvalue weighted by Crippen LogP contribution is 2.66. The quantitative estimate of drug-likeness (QED) is 0.786. The molecule has 0 heterocycles. The Morgan fingerprint density at radius 2 is 1.57 bits per heavy atom. The van der Waals surface area contributed by atoms with Crippen molar-refractivity contribution in [2.75, 3.05) is 14.2 Å². The molecular weight excluding hydrogens is 307 g/mol. The summed E-state index contributed by atoms with van der Waals surface area (Å²) >= 11 is 1.06. The smallest absolute Gasteiger partial charge is 0.389 e. The van der Waals surface area contributed by atoms with Crippen LogP contribution < -0.4 is 0 Å². The van der Waals surface area contributed by atoms with Crippen LogP contribution in [0.4, 0.5) is 0 Å². The number of phenols is 1. The van der Waals surface area contributed by atoms with Crippen LogP contribution in [0.2, 0.25) is 0 Å². The highest BCUT2D eigenvalue weighted by atomic mass is 32.7. The summed E-state index contributed by atoms with van der Waals surface area (Å²) in [7, 11) is 2.70. The molecule has 2 rings (SSSR count). The minimum atomic E-state index is -3.28. The van der Waals surface area contributed by atoms with E-state index in [-0.39, 0.29) is 11.0 Å². The highest BCUT2D eigenvalue weighted by Gasteiger charge is 2.31. The Hall–Kier alpha value is -1.26. The summed E-state index contributed by atoms with van der Waals surface area (Å²) in [5.41, 5.74) is 1.58. The summed E-state index contributed by atoms with van der Waals surface area (Å²) in [4.78, 5) is 0. The van der Waals surface area contributed by atoms with E-state index in [1.165, 1.54) is 14.2 Å². The summed E-state index contributed by atoms with van der Waals surface area (Å²) in [5, 5.41) is 9.75. The third kappa shape index (κ3) is 3.89. The zero-order chi connectivity index (χ0) is 15.3. The first-order chi connectivity index (χ1) is 10.1. The molecule has 0 spiro atoms. The van der Waals surface area contributed by atoms with Crippen molar-refractivity contribution in [3.63, 3.8) is 0 Å². The molecule has 0 bridgehead atoms. The van der Waals surface area contributed by atoms with Crippen LogP contribution in [-0.4, -0.2) is 19.3 Å². The van der Waals surface area contributed by atoms with Gasteiger partial charge in [0.25, 0.3) is 0 Å². The summed E-state index contributed by atoms with van der Waals surface area (Å²) in [6, 6.07) is 16.5. The first-order valence-electron chi connectivity index (χ1n) is 6.32. The van der Waals surface area contributed by atoms with Gasteiger partial charge in [0.05, 0.1) is 5.25 Å². The maximum atomic E-state index is 12.5. The molecule has 0 aliphatic carbocycles. The molecule has 0 aliphatic heterocycles. The van der Waals surface area contributed by atoms with Gasteiger partial charge in [-0.3, -0.25) is 0 Å². The molecule has 1 unspecified atom stereocenters. The molecule has 1 N–H and O–H groups in total. The molecule has 0 fully saturated rings. The molecule has 0 aliphatic rings. The molecular formula is C15H17O4PS. The van der Waals surface area contributed by atoms with E-state index in [0.29, 0.717) is 5.56 Å². The molecule has 0 aromatic heterocycles. The van der Waals surface area contributed by atoms with Crippen LogP contribution in [0.5, 0.6) is 5.75 Å². The lowest BCUT2D eigenvalue weighted by Crippen LogP contribution is -1.98. The van der Waals surface area contributed by atoms with E-state index in [9.17, 15) is 9.67 Å². The average Bonchev–Trinajstić information content (AvgIpc) is 2.54. The Labute approximate surface area is 128 Å². The molecule has 2 aromatic rings. The van der Waals surface area contributed by atoms with E-state index in [4.69, 9.17) is 9.05 Å². The molecule has 0 radical (unpaired) electrons. The van der Waals surface area contributed by atoms with E-state index < -0.39 is 6.80 Å². The van der Waals surface area contributed by atoms with Crippen molar-refractivity contribution in [1.82, 2.24) is 0 Å². The van der Waals surface area contributed by atoms with E-state index in [1.807, 2.05) is 36.4 Å². The third-order valence-corrected chi connectivity index (χ3v) is 7.19. The normalized spacial score (nSPS) is 13.0. The lowest BCUT2D eigenvalue weighted by Gasteiger charge is -2.22. The van der Waals surface area contributed by atoms with Gasteiger partial charge in [-0.15, -0.1) is 0 Å². The minimum absolute atomic E-state index is 0.151. The molecule has 4 nitrogen and oxygen atoms in total. The van der Waals surface area contributed by atoms with Gasteiger partial charge in [0.15, 0.2) is 0 Å². The van der Waals surface area contributed by atoms with E-state index in [1.54, 1.807) is 18.2 Å². The molecule has 21 heavy (non-hydrogen) atoms. The molecule has 0 amide bonds. The zero-order valence-corrected chi connectivity index (χ0v) is 13.5. The van der Waals surface area contributed by atoms with Gasteiger partial charge in [-0.1, -0.05) is 48.5 Å². The number of hydrogen-bond donors (Lipinski definition) is 1. The summed E-state index contributed by atoms with van der Waals surface area (Å²) in [5.74, 6) is 0.151. The fraction of sp³-hybridized carbons (Fsp3) is 0.200. The maximum Gasteiger partial charge on any atom is 0.389 e. The zero-order valence-electron chi connectivity index (χ0n) is 11.8. The molecule has 1 atom stereocenters. The van der Waals surface area contributed by atoms with Crippen LogP contribution in [0, 0.1) is 0 Å². The number of rotatable bonds is 6. The van der Waals surface area contributed by atoms with E-state index in [2.05, 4.69) is 0 Å². The van der Waals surface area contributed by atoms with Gasteiger partial charge >= 0.3 is 6.80 Å². The van der Waals surface area contributed by atoms with Crippen molar-refractivity contribution in [3.8, 4) is 5.75 Å². The predicted molar refractivity (Wildman–Crippen MR) is 85.6 cm³/mol. The largest absolute Gasteiger partial charge is 0.508 e. The Kier molecular flexibility index (Phi) is 5.48. The van der Waals surface area contributed by atoms with Crippen molar-refractivity contribution in [2.45, 2.75) is 5.25 Å². The van der Waals surface area contributed by atoms with Gasteiger partial charge < -0.3 is 14.2 Å². The highest BCUT2D eigenvalue weighted by molar-refractivity contribution is 8.55. The van der Waals surface area contributed by atoms with E-state index in [0.717, 1.165) is 16.9 Å². The monoisotopic (exact) mass is 324 g/mol. The maximum absolute atomic E-state index is 12.5. The second-order valence-electron chi connectivity index (χ2n) is 4.27. The van der Waals surface area contributed by atoms with E-state index >= 15 is 0 Å². The van der Waals surface area contributed by atoms with Gasteiger partial charge in [0.1, 0.15) is 5.75 Å². The first-order valence-corrected chi connectivity index (χ1v) is 9.35. The third-order valence-electron chi connectivity index (χ3n) is 3.00. The minimum Gasteiger partial charge on any atom is -0.508 e. The van der Waals surface area contributed by atoms with Gasteiger partial charge in [0.2, 0.25) is 0 Å². The van der Waals surface area contributed by atoms with Gasteiger partial charge in [0, 0.05) is 19.8 Å². The number of benzene rings is 2. The van der Waals surface area contributed by atoms with Crippen molar-refractivity contribution >= 4 is 18.2 Å². The van der Waals surface area contributed by atoms with Crippen LogP contribution in [0.3, 0.4) is 0 Å². The van der Waals surface area contributed by atoms with Crippen LogP contribution in [0.1, 0.15) is 16.4 Å². The topological polar surface area (TPSA) is 55.8 Å². The molecule has 0 saturated heterocycles. The predicted octanol–water partition coefficient (Wildman–Crippen LogP) is 4.62. The van der Waals surface area contributed by atoms with Gasteiger partial charge in [-0.25, -0.2) is 4.57 Å². The Morgan fingerprint density at radius 3 is 2.14 bits per heavy atom. The van der Waals surface area contributed by atoms with Crippen molar-refractivity contribution in [3.05, 3.63) is 65.7 Å². The number of phenolic OH excluding ortho intramolecular Hbond substituents is 1. The first kappa shape index (κ1) is 16.1. The lowest BCUT2D eigenvalue weighted by atomic mass is 10.0. The number of hydrogen-bond acceptors (Lipinski definition) is 5. The van der Waals surface area contributed by atoms with Crippen LogP contribution >= 0.6 is 18.2 Å². The standard InChI is InChI=1S/C15H17O4PS/c1-18-20(17,19-2)21-15(12-8-4-3-5-9-12)13-10-6-7-11-14(13)16/h3-11,15-16H,1-2H3. The molecule has 0 saturated carbocycles. The molecule has 6 heteroatoms. The second-order valence-corrected chi connectivity index (χ2v) is 8.55. The van der Waals surface area contributed by atoms with Crippen LogP contribution in [0.15, 0.2) is 54.6 Å². The fourth-order valence-electron chi connectivity index (χ4n) is 1.92.